The lowest BCUT2D eigenvalue weighted by Gasteiger charge is -2.32. The predicted octanol–water partition coefficient (Wildman–Crippen LogP) is 2.41. The van der Waals surface area contributed by atoms with Gasteiger partial charge in [0, 0.05) is 33.9 Å². The molecule has 128 valence electrons. The van der Waals surface area contributed by atoms with Gasteiger partial charge in [0.15, 0.2) is 11.5 Å². The third-order valence-corrected chi connectivity index (χ3v) is 4.11. The first kappa shape index (κ1) is 16.4. The van der Waals surface area contributed by atoms with E-state index in [4.69, 9.17) is 0 Å². The van der Waals surface area contributed by atoms with Gasteiger partial charge in [-0.25, -0.2) is 13.8 Å². The van der Waals surface area contributed by atoms with Crippen molar-refractivity contribution in [2.75, 3.05) is 30.4 Å². The van der Waals surface area contributed by atoms with E-state index in [0.29, 0.717) is 12.4 Å². The first-order valence-electron chi connectivity index (χ1n) is 7.69. The summed E-state index contributed by atoms with van der Waals surface area (Å²) < 4.78 is 27.0. The normalized spacial score (nSPS) is 14.0. The SMILES string of the molecule is CN(C)c1nccc2c1N(C(=O)c1cc(C(F)F)n(C)n1)CCC2. The Morgan fingerprint density at radius 2 is 2.12 bits per heavy atom. The van der Waals surface area contributed by atoms with Crippen LogP contribution in [0.3, 0.4) is 0 Å². The molecule has 0 spiro atoms. The number of aromatic nitrogens is 3. The lowest BCUT2D eigenvalue weighted by Crippen LogP contribution is -2.37. The van der Waals surface area contributed by atoms with Crippen LogP contribution in [0.1, 0.15) is 34.6 Å². The Bertz CT molecular complexity index is 772. The molecular weight excluding hydrogens is 316 g/mol. The van der Waals surface area contributed by atoms with E-state index in [2.05, 4.69) is 10.1 Å². The Labute approximate surface area is 138 Å². The molecule has 0 radical (unpaired) electrons. The number of rotatable bonds is 3. The van der Waals surface area contributed by atoms with E-state index in [0.717, 1.165) is 34.8 Å². The van der Waals surface area contributed by atoms with Crippen LogP contribution in [0.2, 0.25) is 0 Å². The van der Waals surface area contributed by atoms with Gasteiger partial charge >= 0.3 is 0 Å². The van der Waals surface area contributed by atoms with Gasteiger partial charge in [0.2, 0.25) is 0 Å². The average molecular weight is 335 g/mol. The van der Waals surface area contributed by atoms with Crippen LogP contribution in [-0.2, 0) is 13.5 Å². The molecule has 3 rings (SSSR count). The smallest absolute Gasteiger partial charge is 0.280 e. The summed E-state index contributed by atoms with van der Waals surface area (Å²) in [5, 5.41) is 3.97. The first-order chi connectivity index (χ1) is 11.4. The van der Waals surface area contributed by atoms with Crippen molar-refractivity contribution in [2.45, 2.75) is 19.3 Å². The fourth-order valence-corrected chi connectivity index (χ4v) is 2.98. The molecule has 24 heavy (non-hydrogen) atoms. The molecular formula is C16H19F2N5O. The molecule has 0 aromatic carbocycles. The molecule has 1 aliphatic rings. The summed E-state index contributed by atoms with van der Waals surface area (Å²) in [7, 11) is 5.13. The van der Waals surface area contributed by atoms with E-state index in [1.165, 1.54) is 7.05 Å². The number of carbonyl (C=O) groups excluding carboxylic acids is 1. The standard InChI is InChI=1S/C16H19F2N5O/c1-21(2)15-13-10(6-7-19-15)5-4-8-23(13)16(24)11-9-12(14(17)18)22(3)20-11/h6-7,9,14H,4-5,8H2,1-3H3. The third-order valence-electron chi connectivity index (χ3n) is 4.11. The number of amides is 1. The Kier molecular flexibility index (Phi) is 4.21. The Morgan fingerprint density at radius 1 is 1.38 bits per heavy atom. The number of nitrogens with zero attached hydrogens (tertiary/aromatic N) is 5. The minimum atomic E-state index is -2.67. The number of alkyl halides is 2. The number of aryl methyl sites for hydroxylation is 2. The van der Waals surface area contributed by atoms with E-state index in [1.54, 1.807) is 11.1 Å². The van der Waals surface area contributed by atoms with Crippen LogP contribution in [-0.4, -0.2) is 41.3 Å². The van der Waals surface area contributed by atoms with Gasteiger partial charge in [-0.1, -0.05) is 0 Å². The second-order valence-electron chi connectivity index (χ2n) is 5.98. The van der Waals surface area contributed by atoms with Gasteiger partial charge in [0.25, 0.3) is 12.3 Å². The molecule has 8 heteroatoms. The highest BCUT2D eigenvalue weighted by atomic mass is 19.3. The maximum atomic E-state index is 13.0. The monoisotopic (exact) mass is 335 g/mol. The number of hydrogen-bond acceptors (Lipinski definition) is 4. The number of carbonyl (C=O) groups is 1. The summed E-state index contributed by atoms with van der Waals surface area (Å²) in [6.45, 7) is 0.513. The van der Waals surface area contributed by atoms with Gasteiger partial charge in [-0.3, -0.25) is 9.48 Å². The molecule has 0 unspecified atom stereocenters. The van der Waals surface area contributed by atoms with E-state index in [1.807, 2.05) is 25.1 Å². The molecule has 1 amide bonds. The highest BCUT2D eigenvalue weighted by molar-refractivity contribution is 6.07. The molecule has 0 saturated carbocycles. The van der Waals surface area contributed by atoms with Crippen LogP contribution < -0.4 is 9.80 Å². The van der Waals surface area contributed by atoms with Gasteiger partial charge in [-0.15, -0.1) is 0 Å². The van der Waals surface area contributed by atoms with Gasteiger partial charge < -0.3 is 9.80 Å². The van der Waals surface area contributed by atoms with E-state index < -0.39 is 6.43 Å². The lowest BCUT2D eigenvalue weighted by atomic mass is 10.0. The van der Waals surface area contributed by atoms with Crippen molar-refractivity contribution in [3.63, 3.8) is 0 Å². The van der Waals surface area contributed by atoms with Crippen molar-refractivity contribution in [1.29, 1.82) is 0 Å². The minimum Gasteiger partial charge on any atom is -0.361 e. The van der Waals surface area contributed by atoms with Crippen LogP contribution in [0.5, 0.6) is 0 Å². The highest BCUT2D eigenvalue weighted by Gasteiger charge is 2.30. The van der Waals surface area contributed by atoms with Gasteiger partial charge in [-0.05, 0) is 30.5 Å². The molecule has 2 aromatic rings. The molecule has 0 bridgehead atoms. The molecule has 0 N–H and O–H groups in total. The number of anilines is 2. The Balaban J connectivity index is 2.03. The summed E-state index contributed by atoms with van der Waals surface area (Å²) in [5.41, 5.74) is 1.52. The van der Waals surface area contributed by atoms with Crippen molar-refractivity contribution in [3.05, 3.63) is 35.3 Å². The second-order valence-corrected chi connectivity index (χ2v) is 5.98. The highest BCUT2D eigenvalue weighted by Crippen LogP contribution is 2.35. The molecule has 1 aliphatic heterocycles. The summed E-state index contributed by atoms with van der Waals surface area (Å²) in [6.07, 6.45) is 0.714. The lowest BCUT2D eigenvalue weighted by molar-refractivity contribution is 0.0979. The third kappa shape index (κ3) is 2.72. The zero-order valence-electron chi connectivity index (χ0n) is 13.8. The number of fused-ring (bicyclic) bond motifs is 1. The molecule has 0 atom stereocenters. The fourth-order valence-electron chi connectivity index (χ4n) is 2.98. The fraction of sp³-hybridized carbons (Fsp3) is 0.438. The van der Waals surface area contributed by atoms with Crippen LogP contribution in [0.25, 0.3) is 0 Å². The average Bonchev–Trinajstić information content (AvgIpc) is 2.95. The molecule has 6 nitrogen and oxygen atoms in total. The first-order valence-corrected chi connectivity index (χ1v) is 7.69. The van der Waals surface area contributed by atoms with Crippen molar-refractivity contribution in [3.8, 4) is 0 Å². The van der Waals surface area contributed by atoms with Crippen LogP contribution in [0.15, 0.2) is 18.3 Å². The maximum Gasteiger partial charge on any atom is 0.280 e. The van der Waals surface area contributed by atoms with Crippen LogP contribution in [0.4, 0.5) is 20.3 Å². The zero-order chi connectivity index (χ0) is 17.4. The molecule has 0 aliphatic carbocycles. The summed E-state index contributed by atoms with van der Waals surface area (Å²) in [6, 6.07) is 3.05. The van der Waals surface area contributed by atoms with Gasteiger partial charge in [-0.2, -0.15) is 5.10 Å². The van der Waals surface area contributed by atoms with Gasteiger partial charge in [0.1, 0.15) is 5.69 Å². The largest absolute Gasteiger partial charge is 0.361 e. The van der Waals surface area contributed by atoms with E-state index in [9.17, 15) is 13.6 Å². The zero-order valence-corrected chi connectivity index (χ0v) is 13.8. The van der Waals surface area contributed by atoms with E-state index >= 15 is 0 Å². The molecule has 0 saturated heterocycles. The number of halogens is 2. The Morgan fingerprint density at radius 3 is 2.75 bits per heavy atom. The molecule has 2 aromatic heterocycles. The van der Waals surface area contributed by atoms with Crippen molar-refractivity contribution >= 4 is 17.4 Å². The Hall–Kier alpha value is -2.51. The van der Waals surface area contributed by atoms with Crippen LogP contribution in [0, 0.1) is 0 Å². The molecule has 0 fully saturated rings. The summed E-state index contributed by atoms with van der Waals surface area (Å²) in [4.78, 5) is 20.7. The second kappa shape index (κ2) is 6.18. The number of hydrogen-bond donors (Lipinski definition) is 0. The minimum absolute atomic E-state index is 0.0224. The van der Waals surface area contributed by atoms with Gasteiger partial charge in [0.05, 0.1) is 5.69 Å². The van der Waals surface area contributed by atoms with Crippen molar-refractivity contribution in [1.82, 2.24) is 14.8 Å². The van der Waals surface area contributed by atoms with Crippen molar-refractivity contribution in [2.24, 2.45) is 7.05 Å². The topological polar surface area (TPSA) is 54.3 Å². The predicted molar refractivity (Wildman–Crippen MR) is 86.7 cm³/mol. The van der Waals surface area contributed by atoms with Crippen molar-refractivity contribution < 1.29 is 13.6 Å². The summed E-state index contributed by atoms with van der Waals surface area (Å²) >= 11 is 0. The quantitative estimate of drug-likeness (QED) is 0.864. The van der Waals surface area contributed by atoms with E-state index in [-0.39, 0.29) is 17.3 Å². The van der Waals surface area contributed by atoms with Crippen LogP contribution >= 0.6 is 0 Å². The summed E-state index contributed by atoms with van der Waals surface area (Å²) in [5.74, 6) is 0.306. The molecule has 3 heterocycles. The number of pyridine rings is 1. The maximum absolute atomic E-state index is 13.0.